The van der Waals surface area contributed by atoms with Crippen molar-refractivity contribution >= 4 is 11.5 Å². The molecule has 0 saturated heterocycles. The average molecular weight is 200 g/mol. The van der Waals surface area contributed by atoms with E-state index < -0.39 is 0 Å². The number of hydrogen-bond acceptors (Lipinski definition) is 4. The van der Waals surface area contributed by atoms with Gasteiger partial charge in [-0.2, -0.15) is 4.37 Å². The molecule has 0 saturated carbocycles. The third-order valence-corrected chi connectivity index (χ3v) is 2.76. The minimum atomic E-state index is -0.347. The fourth-order valence-corrected chi connectivity index (χ4v) is 1.58. The lowest BCUT2D eigenvalue weighted by Gasteiger charge is -2.24. The second kappa shape index (κ2) is 3.72. The molecule has 0 spiro atoms. The standard InChI is InChI=1S/C9H16N2OS/c1-6-10-8(13-11-6)5-7(12)9(2,3)4/h7,12H,5H2,1-4H3. The van der Waals surface area contributed by atoms with E-state index in [1.807, 2.05) is 27.7 Å². The second-order valence-electron chi connectivity index (χ2n) is 4.32. The van der Waals surface area contributed by atoms with Crippen molar-refractivity contribution in [3.8, 4) is 0 Å². The number of rotatable bonds is 2. The molecule has 1 aromatic rings. The highest BCUT2D eigenvalue weighted by molar-refractivity contribution is 7.05. The molecule has 0 fully saturated rings. The average Bonchev–Trinajstić information content (AvgIpc) is 2.33. The summed E-state index contributed by atoms with van der Waals surface area (Å²) >= 11 is 1.37. The summed E-state index contributed by atoms with van der Waals surface area (Å²) in [4.78, 5) is 4.21. The maximum atomic E-state index is 9.79. The molecule has 3 nitrogen and oxygen atoms in total. The van der Waals surface area contributed by atoms with Gasteiger partial charge in [0, 0.05) is 6.42 Å². The zero-order valence-corrected chi connectivity index (χ0v) is 9.35. The maximum Gasteiger partial charge on any atom is 0.139 e. The van der Waals surface area contributed by atoms with Crippen LogP contribution in [0.5, 0.6) is 0 Å². The van der Waals surface area contributed by atoms with Gasteiger partial charge in [-0.05, 0) is 23.9 Å². The van der Waals surface area contributed by atoms with Crippen LogP contribution in [-0.2, 0) is 6.42 Å². The molecular formula is C9H16N2OS. The molecule has 13 heavy (non-hydrogen) atoms. The van der Waals surface area contributed by atoms with Crippen molar-refractivity contribution in [1.82, 2.24) is 9.36 Å². The summed E-state index contributed by atoms with van der Waals surface area (Å²) in [5, 5.41) is 10.7. The highest BCUT2D eigenvalue weighted by atomic mass is 32.1. The van der Waals surface area contributed by atoms with Crippen LogP contribution in [0.1, 0.15) is 31.6 Å². The van der Waals surface area contributed by atoms with E-state index in [0.717, 1.165) is 10.8 Å². The van der Waals surface area contributed by atoms with Crippen molar-refractivity contribution < 1.29 is 5.11 Å². The normalized spacial score (nSPS) is 14.5. The van der Waals surface area contributed by atoms with Gasteiger partial charge in [0.1, 0.15) is 10.8 Å². The van der Waals surface area contributed by atoms with Gasteiger partial charge in [-0.3, -0.25) is 0 Å². The van der Waals surface area contributed by atoms with Gasteiger partial charge in [0.25, 0.3) is 0 Å². The number of aliphatic hydroxyl groups is 1. The van der Waals surface area contributed by atoms with Gasteiger partial charge < -0.3 is 5.11 Å². The summed E-state index contributed by atoms with van der Waals surface area (Å²) in [5.41, 5.74) is -0.0838. The maximum absolute atomic E-state index is 9.79. The largest absolute Gasteiger partial charge is 0.392 e. The molecule has 1 heterocycles. The van der Waals surface area contributed by atoms with E-state index in [9.17, 15) is 5.11 Å². The van der Waals surface area contributed by atoms with E-state index in [1.165, 1.54) is 11.5 Å². The smallest absolute Gasteiger partial charge is 0.139 e. The summed E-state index contributed by atoms with van der Waals surface area (Å²) in [6, 6.07) is 0. The molecule has 1 unspecified atom stereocenters. The molecular weight excluding hydrogens is 184 g/mol. The quantitative estimate of drug-likeness (QED) is 0.791. The van der Waals surface area contributed by atoms with Crippen LogP contribution in [0.2, 0.25) is 0 Å². The van der Waals surface area contributed by atoms with Crippen LogP contribution in [0, 0.1) is 12.3 Å². The van der Waals surface area contributed by atoms with Crippen molar-refractivity contribution in [3.63, 3.8) is 0 Å². The summed E-state index contributed by atoms with van der Waals surface area (Å²) in [5.74, 6) is 0.793. The highest BCUT2D eigenvalue weighted by Crippen LogP contribution is 2.22. The summed E-state index contributed by atoms with van der Waals surface area (Å²) in [6.07, 6.45) is 0.259. The summed E-state index contributed by atoms with van der Waals surface area (Å²) in [7, 11) is 0. The van der Waals surface area contributed by atoms with Crippen LogP contribution < -0.4 is 0 Å². The molecule has 0 aliphatic carbocycles. The Bertz CT molecular complexity index is 277. The molecule has 0 aliphatic rings. The number of aryl methyl sites for hydroxylation is 1. The van der Waals surface area contributed by atoms with Gasteiger partial charge in [-0.15, -0.1) is 0 Å². The van der Waals surface area contributed by atoms with Crippen molar-refractivity contribution in [2.75, 3.05) is 0 Å². The lowest BCUT2D eigenvalue weighted by atomic mass is 9.87. The number of aliphatic hydroxyl groups excluding tert-OH is 1. The zero-order chi connectivity index (χ0) is 10.1. The van der Waals surface area contributed by atoms with E-state index in [1.54, 1.807) is 0 Å². The summed E-state index contributed by atoms with van der Waals surface area (Å²) < 4.78 is 4.07. The van der Waals surface area contributed by atoms with Crippen molar-refractivity contribution in [3.05, 3.63) is 10.8 Å². The van der Waals surface area contributed by atoms with Gasteiger partial charge in [0.15, 0.2) is 0 Å². The van der Waals surface area contributed by atoms with Crippen LogP contribution in [-0.4, -0.2) is 20.6 Å². The molecule has 0 amide bonds. The molecule has 0 aliphatic heterocycles. The van der Waals surface area contributed by atoms with Crippen LogP contribution in [0.3, 0.4) is 0 Å². The molecule has 0 radical (unpaired) electrons. The molecule has 1 rings (SSSR count). The molecule has 4 heteroatoms. The monoisotopic (exact) mass is 200 g/mol. The molecule has 1 aromatic heterocycles. The molecule has 1 N–H and O–H groups in total. The van der Waals surface area contributed by atoms with Crippen molar-refractivity contribution in [2.45, 2.75) is 40.2 Å². The number of nitrogens with zero attached hydrogens (tertiary/aromatic N) is 2. The number of hydrogen-bond donors (Lipinski definition) is 1. The summed E-state index contributed by atoms with van der Waals surface area (Å²) in [6.45, 7) is 7.92. The second-order valence-corrected chi connectivity index (χ2v) is 5.16. The van der Waals surface area contributed by atoms with E-state index in [-0.39, 0.29) is 11.5 Å². The Hall–Kier alpha value is -0.480. The van der Waals surface area contributed by atoms with Gasteiger partial charge >= 0.3 is 0 Å². The fraction of sp³-hybridized carbons (Fsp3) is 0.778. The Morgan fingerprint density at radius 2 is 2.08 bits per heavy atom. The lowest BCUT2D eigenvalue weighted by molar-refractivity contribution is 0.0635. The predicted molar refractivity (Wildman–Crippen MR) is 53.8 cm³/mol. The van der Waals surface area contributed by atoms with Gasteiger partial charge in [-0.1, -0.05) is 20.8 Å². The first kappa shape index (κ1) is 10.6. The Balaban J connectivity index is 2.60. The molecule has 0 aromatic carbocycles. The minimum absolute atomic E-state index is 0.0838. The van der Waals surface area contributed by atoms with Crippen molar-refractivity contribution in [2.24, 2.45) is 5.41 Å². The minimum Gasteiger partial charge on any atom is -0.392 e. The van der Waals surface area contributed by atoms with Gasteiger partial charge in [-0.25, -0.2) is 4.98 Å². The first-order valence-electron chi connectivity index (χ1n) is 4.37. The van der Waals surface area contributed by atoms with Gasteiger partial charge in [0.05, 0.1) is 6.10 Å². The molecule has 0 bridgehead atoms. The molecule has 1 atom stereocenters. The third kappa shape index (κ3) is 3.04. The predicted octanol–water partition coefficient (Wildman–Crippen LogP) is 1.80. The molecule has 74 valence electrons. The third-order valence-electron chi connectivity index (χ3n) is 1.94. The Labute approximate surface area is 83.0 Å². The van der Waals surface area contributed by atoms with Crippen LogP contribution in [0.25, 0.3) is 0 Å². The SMILES string of the molecule is Cc1nsc(CC(O)C(C)(C)C)n1. The Morgan fingerprint density at radius 3 is 2.46 bits per heavy atom. The highest BCUT2D eigenvalue weighted by Gasteiger charge is 2.23. The van der Waals surface area contributed by atoms with E-state index >= 15 is 0 Å². The van der Waals surface area contributed by atoms with Crippen LogP contribution >= 0.6 is 11.5 Å². The van der Waals surface area contributed by atoms with E-state index in [2.05, 4.69) is 9.36 Å². The van der Waals surface area contributed by atoms with E-state index in [0.29, 0.717) is 6.42 Å². The Kier molecular flexibility index (Phi) is 3.03. The van der Waals surface area contributed by atoms with E-state index in [4.69, 9.17) is 0 Å². The zero-order valence-electron chi connectivity index (χ0n) is 8.53. The van der Waals surface area contributed by atoms with Gasteiger partial charge in [0.2, 0.25) is 0 Å². The topological polar surface area (TPSA) is 46.0 Å². The number of aromatic nitrogens is 2. The van der Waals surface area contributed by atoms with Crippen molar-refractivity contribution in [1.29, 1.82) is 0 Å². The van der Waals surface area contributed by atoms with Crippen LogP contribution in [0.4, 0.5) is 0 Å². The lowest BCUT2D eigenvalue weighted by Crippen LogP contribution is -2.27. The first-order chi connectivity index (χ1) is 5.89. The first-order valence-corrected chi connectivity index (χ1v) is 5.14. The Morgan fingerprint density at radius 1 is 1.46 bits per heavy atom. The fourth-order valence-electron chi connectivity index (χ4n) is 0.895. The van der Waals surface area contributed by atoms with Crippen LogP contribution in [0.15, 0.2) is 0 Å².